The number of rotatable bonds is 7. The lowest BCUT2D eigenvalue weighted by atomic mass is 9.99. The van der Waals surface area contributed by atoms with Crippen molar-refractivity contribution in [3.8, 4) is 0 Å². The highest BCUT2D eigenvalue weighted by Gasteiger charge is 2.17. The fourth-order valence-electron chi connectivity index (χ4n) is 3.68. The minimum Gasteiger partial charge on any atom is -0.478 e. The highest BCUT2D eigenvalue weighted by atomic mass is 35.5. The number of ketones is 1. The van der Waals surface area contributed by atoms with Gasteiger partial charge in [-0.15, -0.1) is 0 Å². The van der Waals surface area contributed by atoms with Gasteiger partial charge in [0.2, 0.25) is 0 Å². The Morgan fingerprint density at radius 1 is 0.618 bits per heavy atom. The molecule has 170 valence electrons. The molecule has 6 heteroatoms. The molecule has 5 nitrogen and oxygen atoms in total. The molecule has 0 aliphatic carbocycles. The highest BCUT2D eigenvalue weighted by Crippen LogP contribution is 2.28. The molecule has 0 aliphatic rings. The molecule has 0 aliphatic heterocycles. The van der Waals surface area contributed by atoms with Crippen molar-refractivity contribution in [2.45, 2.75) is 0 Å². The summed E-state index contributed by atoms with van der Waals surface area (Å²) in [7, 11) is 3.77. The van der Waals surface area contributed by atoms with E-state index in [9.17, 15) is 14.7 Å². The first-order valence-corrected chi connectivity index (χ1v) is 11.0. The average molecular weight is 471 g/mol. The third kappa shape index (κ3) is 4.95. The maximum atomic E-state index is 13.3. The molecule has 4 rings (SSSR count). The number of para-hydroxylation sites is 1. The summed E-state index contributed by atoms with van der Waals surface area (Å²) in [5, 5.41) is 10.3. The van der Waals surface area contributed by atoms with Gasteiger partial charge in [0.25, 0.3) is 0 Å². The summed E-state index contributed by atoms with van der Waals surface area (Å²) in [6.07, 6.45) is 0. The third-order valence-electron chi connectivity index (χ3n) is 5.69. The number of hydrogen-bond acceptors (Lipinski definition) is 4. The van der Waals surface area contributed by atoms with Crippen LogP contribution < -0.4 is 9.80 Å². The predicted molar refractivity (Wildman–Crippen MR) is 137 cm³/mol. The Kier molecular flexibility index (Phi) is 6.66. The molecule has 0 saturated heterocycles. The Morgan fingerprint density at radius 3 is 1.71 bits per heavy atom. The molecule has 0 amide bonds. The van der Waals surface area contributed by atoms with Crippen molar-refractivity contribution in [2.24, 2.45) is 0 Å². The normalized spacial score (nSPS) is 10.6. The first-order valence-electron chi connectivity index (χ1n) is 10.6. The first kappa shape index (κ1) is 23.1. The van der Waals surface area contributed by atoms with E-state index in [4.69, 9.17) is 11.6 Å². The van der Waals surface area contributed by atoms with E-state index in [1.807, 2.05) is 90.6 Å². The van der Waals surface area contributed by atoms with Gasteiger partial charge in [-0.2, -0.15) is 0 Å². The van der Waals surface area contributed by atoms with E-state index in [-0.39, 0.29) is 11.3 Å². The number of carboxylic acid groups (broad SMARTS) is 1. The largest absolute Gasteiger partial charge is 0.478 e. The van der Waals surface area contributed by atoms with E-state index in [1.165, 1.54) is 6.07 Å². The third-order valence-corrected chi connectivity index (χ3v) is 5.94. The molecule has 0 saturated carbocycles. The van der Waals surface area contributed by atoms with Gasteiger partial charge in [-0.05, 0) is 78.9 Å². The number of anilines is 4. The molecule has 0 fully saturated rings. The SMILES string of the molecule is CN(c1ccc(Cl)cc1)c1ccc(C(=O)c2cc(C(=O)O)cc(N(C)c3ccccc3)c2)cc1. The van der Waals surface area contributed by atoms with Crippen LogP contribution in [0.4, 0.5) is 22.7 Å². The minimum absolute atomic E-state index is 0.0581. The Labute approximate surface area is 203 Å². The van der Waals surface area contributed by atoms with Crippen LogP contribution in [-0.4, -0.2) is 31.0 Å². The molecule has 0 radical (unpaired) electrons. The lowest BCUT2D eigenvalue weighted by Gasteiger charge is -2.21. The van der Waals surface area contributed by atoms with Crippen molar-refractivity contribution in [3.63, 3.8) is 0 Å². The molecule has 4 aromatic carbocycles. The van der Waals surface area contributed by atoms with E-state index < -0.39 is 5.97 Å². The van der Waals surface area contributed by atoms with Crippen LogP contribution in [0.3, 0.4) is 0 Å². The van der Waals surface area contributed by atoms with Gasteiger partial charge >= 0.3 is 5.97 Å². The number of carboxylic acids is 1. The number of halogens is 1. The van der Waals surface area contributed by atoms with Gasteiger partial charge in [-0.3, -0.25) is 4.79 Å². The molecule has 1 N–H and O–H groups in total. The van der Waals surface area contributed by atoms with Gasteiger partial charge in [-0.25, -0.2) is 4.79 Å². The number of benzene rings is 4. The summed E-state index contributed by atoms with van der Waals surface area (Å²) in [5.74, 6) is -1.33. The second-order valence-corrected chi connectivity index (χ2v) is 8.32. The quantitative estimate of drug-likeness (QED) is 0.301. The Balaban J connectivity index is 1.63. The number of carbonyl (C=O) groups excluding carboxylic acids is 1. The Morgan fingerprint density at radius 2 is 1.12 bits per heavy atom. The zero-order valence-corrected chi connectivity index (χ0v) is 19.5. The van der Waals surface area contributed by atoms with E-state index in [0.717, 1.165) is 17.1 Å². The van der Waals surface area contributed by atoms with Gasteiger partial charge in [0, 0.05) is 53.0 Å². The van der Waals surface area contributed by atoms with Gasteiger partial charge in [0.05, 0.1) is 5.56 Å². The fraction of sp³-hybridized carbons (Fsp3) is 0.0714. The van der Waals surface area contributed by atoms with Crippen LogP contribution >= 0.6 is 11.6 Å². The van der Waals surface area contributed by atoms with Crippen LogP contribution in [0, 0.1) is 0 Å². The molecule has 0 spiro atoms. The fourth-order valence-corrected chi connectivity index (χ4v) is 3.80. The smallest absolute Gasteiger partial charge is 0.335 e. The maximum absolute atomic E-state index is 13.3. The van der Waals surface area contributed by atoms with Crippen LogP contribution in [0.5, 0.6) is 0 Å². The lowest BCUT2D eigenvalue weighted by molar-refractivity contribution is 0.0697. The van der Waals surface area contributed by atoms with Gasteiger partial charge in [0.15, 0.2) is 5.78 Å². The molecule has 0 aromatic heterocycles. The molecule has 0 atom stereocenters. The standard InChI is InChI=1S/C28H23ClN2O3/c1-30(25-14-10-22(29)11-15-25)24-12-8-19(9-13-24)27(32)20-16-21(28(33)34)18-26(17-20)31(2)23-6-4-3-5-7-23/h3-18H,1-2H3,(H,33,34). The van der Waals surface area contributed by atoms with Gasteiger partial charge < -0.3 is 14.9 Å². The van der Waals surface area contributed by atoms with Crippen molar-refractivity contribution in [2.75, 3.05) is 23.9 Å². The number of hydrogen-bond donors (Lipinski definition) is 1. The van der Waals surface area contributed by atoms with Crippen molar-refractivity contribution >= 4 is 46.1 Å². The summed E-state index contributed by atoms with van der Waals surface area (Å²) >= 11 is 5.98. The van der Waals surface area contributed by atoms with Crippen LogP contribution in [0.2, 0.25) is 5.02 Å². The predicted octanol–water partition coefficient (Wildman–Crippen LogP) is 6.81. The maximum Gasteiger partial charge on any atom is 0.335 e. The van der Waals surface area contributed by atoms with Crippen LogP contribution in [0.1, 0.15) is 26.3 Å². The summed E-state index contributed by atoms with van der Waals surface area (Å²) < 4.78 is 0. The van der Waals surface area contributed by atoms with E-state index in [1.54, 1.807) is 24.3 Å². The number of carbonyl (C=O) groups is 2. The Hall–Kier alpha value is -4.09. The molecular formula is C28H23ClN2O3. The number of aromatic carboxylic acids is 1. The summed E-state index contributed by atoms with van der Waals surface area (Å²) in [4.78, 5) is 28.9. The van der Waals surface area contributed by atoms with Gasteiger partial charge in [0.1, 0.15) is 0 Å². The zero-order valence-electron chi connectivity index (χ0n) is 18.8. The zero-order chi connectivity index (χ0) is 24.2. The molecule has 0 bridgehead atoms. The minimum atomic E-state index is -1.09. The topological polar surface area (TPSA) is 60.9 Å². The first-order chi connectivity index (χ1) is 16.3. The van der Waals surface area contributed by atoms with Crippen LogP contribution in [-0.2, 0) is 0 Å². The van der Waals surface area contributed by atoms with Crippen LogP contribution in [0.25, 0.3) is 0 Å². The lowest BCUT2D eigenvalue weighted by Crippen LogP contribution is -2.13. The molecular weight excluding hydrogens is 448 g/mol. The van der Waals surface area contributed by atoms with Crippen molar-refractivity contribution in [1.82, 2.24) is 0 Å². The van der Waals surface area contributed by atoms with E-state index in [0.29, 0.717) is 21.8 Å². The monoisotopic (exact) mass is 470 g/mol. The second-order valence-electron chi connectivity index (χ2n) is 7.88. The molecule has 0 heterocycles. The van der Waals surface area contributed by atoms with Crippen molar-refractivity contribution in [1.29, 1.82) is 0 Å². The van der Waals surface area contributed by atoms with E-state index in [2.05, 4.69) is 0 Å². The highest BCUT2D eigenvalue weighted by molar-refractivity contribution is 6.30. The van der Waals surface area contributed by atoms with Crippen LogP contribution in [0.15, 0.2) is 97.1 Å². The second kappa shape index (κ2) is 9.81. The molecule has 0 unspecified atom stereocenters. The number of nitrogens with zero attached hydrogens (tertiary/aromatic N) is 2. The molecule has 34 heavy (non-hydrogen) atoms. The van der Waals surface area contributed by atoms with Crippen molar-refractivity contribution < 1.29 is 14.7 Å². The Bertz CT molecular complexity index is 1320. The van der Waals surface area contributed by atoms with Crippen molar-refractivity contribution in [3.05, 3.63) is 119 Å². The summed E-state index contributed by atoms with van der Waals surface area (Å²) in [5.41, 5.74) is 4.23. The molecule has 4 aromatic rings. The summed E-state index contributed by atoms with van der Waals surface area (Å²) in [6, 6.07) is 29.0. The van der Waals surface area contributed by atoms with E-state index >= 15 is 0 Å². The summed E-state index contributed by atoms with van der Waals surface area (Å²) in [6.45, 7) is 0. The average Bonchev–Trinajstić information content (AvgIpc) is 2.88. The van der Waals surface area contributed by atoms with Gasteiger partial charge in [-0.1, -0.05) is 29.8 Å².